The Bertz CT molecular complexity index is 2260. The topological polar surface area (TPSA) is 31.4 Å². The molecule has 3 heteroatoms. The smallest absolute Gasteiger partial charge is 0.170 e. The molecule has 0 atom stereocenters. The van der Waals surface area contributed by atoms with Crippen molar-refractivity contribution in [3.05, 3.63) is 139 Å². The predicted octanol–water partition coefficient (Wildman–Crippen LogP) is 10.9. The van der Waals surface area contributed by atoms with E-state index in [9.17, 15) is 0 Å². The zero-order chi connectivity index (χ0) is 28.7. The molecule has 0 radical (unpaired) electrons. The molecule has 7 aromatic rings. The first-order valence-corrected chi connectivity index (χ1v) is 14.7. The highest BCUT2D eigenvalue weighted by molar-refractivity contribution is 6.05. The van der Waals surface area contributed by atoms with E-state index in [1.54, 1.807) is 0 Å². The molecule has 0 spiro atoms. The molecule has 0 N–H and O–H groups in total. The molecule has 9 rings (SSSR count). The van der Waals surface area contributed by atoms with Gasteiger partial charge in [-0.1, -0.05) is 111 Å². The van der Waals surface area contributed by atoms with Gasteiger partial charge in [0.05, 0.1) is 11.2 Å². The minimum Gasteiger partial charge on any atom is -0.450 e. The number of rotatable bonds is 2. The second-order valence-corrected chi connectivity index (χ2v) is 12.0. The number of aromatic nitrogens is 1. The number of pyridine rings is 1. The molecule has 2 aliphatic rings. The Hall–Kier alpha value is -5.41. The molecule has 1 aromatic heterocycles. The van der Waals surface area contributed by atoms with Crippen molar-refractivity contribution in [2.75, 3.05) is 0 Å². The zero-order valence-corrected chi connectivity index (χ0v) is 23.9. The first kappa shape index (κ1) is 24.2. The van der Waals surface area contributed by atoms with Gasteiger partial charge in [0, 0.05) is 21.8 Å². The highest BCUT2D eigenvalue weighted by Gasteiger charge is 2.37. The molecule has 3 nitrogen and oxygen atoms in total. The van der Waals surface area contributed by atoms with Crippen molar-refractivity contribution in [3.8, 4) is 56.5 Å². The number of hydrogen-bond acceptors (Lipinski definition) is 3. The quantitative estimate of drug-likeness (QED) is 0.200. The van der Waals surface area contributed by atoms with Crippen LogP contribution in [0.2, 0.25) is 0 Å². The molecular formula is C40H27NO2. The zero-order valence-electron chi connectivity index (χ0n) is 23.9. The van der Waals surface area contributed by atoms with E-state index in [0.717, 1.165) is 56.3 Å². The lowest BCUT2D eigenvalue weighted by atomic mass is 9.82. The summed E-state index contributed by atoms with van der Waals surface area (Å²) in [7, 11) is 0. The third kappa shape index (κ3) is 3.65. The second kappa shape index (κ2) is 8.80. The molecule has 1 aliphatic carbocycles. The van der Waals surface area contributed by atoms with Gasteiger partial charge in [-0.25, -0.2) is 4.98 Å². The molecule has 204 valence electrons. The normalized spacial score (nSPS) is 13.9. The summed E-state index contributed by atoms with van der Waals surface area (Å²) < 4.78 is 12.9. The van der Waals surface area contributed by atoms with Gasteiger partial charge in [0.2, 0.25) is 0 Å². The van der Waals surface area contributed by atoms with E-state index >= 15 is 0 Å². The summed E-state index contributed by atoms with van der Waals surface area (Å²) in [6.07, 6.45) is 0. The van der Waals surface area contributed by atoms with Crippen molar-refractivity contribution >= 4 is 21.7 Å². The van der Waals surface area contributed by atoms with Crippen LogP contribution in [-0.2, 0) is 5.41 Å². The molecule has 0 fully saturated rings. The van der Waals surface area contributed by atoms with Crippen molar-refractivity contribution in [2.45, 2.75) is 19.3 Å². The van der Waals surface area contributed by atoms with Gasteiger partial charge in [-0.15, -0.1) is 0 Å². The average Bonchev–Trinajstić information content (AvgIpc) is 3.27. The van der Waals surface area contributed by atoms with Gasteiger partial charge in [0.25, 0.3) is 0 Å². The number of nitrogens with zero attached hydrogens (tertiary/aromatic N) is 1. The first-order valence-electron chi connectivity index (χ1n) is 14.7. The van der Waals surface area contributed by atoms with Gasteiger partial charge in [0.15, 0.2) is 23.0 Å². The van der Waals surface area contributed by atoms with Crippen LogP contribution in [-0.4, -0.2) is 4.98 Å². The van der Waals surface area contributed by atoms with E-state index in [-0.39, 0.29) is 5.41 Å². The first-order chi connectivity index (χ1) is 21.0. The van der Waals surface area contributed by atoms with E-state index in [2.05, 4.69) is 135 Å². The third-order valence-electron chi connectivity index (χ3n) is 9.13. The Morgan fingerprint density at radius 2 is 1.16 bits per heavy atom. The monoisotopic (exact) mass is 553 g/mol. The minimum atomic E-state index is -0.0865. The van der Waals surface area contributed by atoms with Crippen LogP contribution in [0.5, 0.6) is 23.0 Å². The molecule has 0 amide bonds. The molecule has 0 unspecified atom stereocenters. The maximum atomic E-state index is 6.48. The van der Waals surface area contributed by atoms with Gasteiger partial charge in [-0.05, 0) is 69.1 Å². The van der Waals surface area contributed by atoms with Gasteiger partial charge < -0.3 is 9.47 Å². The van der Waals surface area contributed by atoms with Crippen LogP contribution in [0.25, 0.3) is 55.2 Å². The molecule has 0 saturated heterocycles. The lowest BCUT2D eigenvalue weighted by molar-refractivity contribution is 0.359. The van der Waals surface area contributed by atoms with E-state index in [1.165, 1.54) is 33.0 Å². The number of ether oxygens (including phenoxy) is 2. The van der Waals surface area contributed by atoms with Crippen molar-refractivity contribution in [1.29, 1.82) is 0 Å². The molecule has 43 heavy (non-hydrogen) atoms. The van der Waals surface area contributed by atoms with Crippen LogP contribution < -0.4 is 9.47 Å². The highest BCUT2D eigenvalue weighted by Crippen LogP contribution is 2.55. The van der Waals surface area contributed by atoms with Crippen molar-refractivity contribution in [1.82, 2.24) is 4.98 Å². The SMILES string of the molecule is CC1(C)c2ccccc2-c2cc3c(cc21)Oc1ccc(-c2ccc(-c4ccc5ccc6ccccc6c5n4)cc2)cc1O3. The summed E-state index contributed by atoms with van der Waals surface area (Å²) in [5.74, 6) is 2.97. The van der Waals surface area contributed by atoms with E-state index in [0.29, 0.717) is 0 Å². The Labute approximate surface area is 250 Å². The van der Waals surface area contributed by atoms with Crippen LogP contribution in [0.1, 0.15) is 25.0 Å². The lowest BCUT2D eigenvalue weighted by Gasteiger charge is -2.25. The maximum Gasteiger partial charge on any atom is 0.170 e. The van der Waals surface area contributed by atoms with E-state index in [1.807, 2.05) is 6.07 Å². The lowest BCUT2D eigenvalue weighted by Crippen LogP contribution is -2.15. The van der Waals surface area contributed by atoms with Crippen LogP contribution in [0.3, 0.4) is 0 Å². The maximum absolute atomic E-state index is 6.48. The fraction of sp³-hybridized carbons (Fsp3) is 0.0750. The summed E-state index contributed by atoms with van der Waals surface area (Å²) in [4.78, 5) is 5.07. The number of benzene rings is 6. The van der Waals surface area contributed by atoms with Crippen molar-refractivity contribution in [3.63, 3.8) is 0 Å². The predicted molar refractivity (Wildman–Crippen MR) is 174 cm³/mol. The summed E-state index contributed by atoms with van der Waals surface area (Å²) in [5.41, 5.74) is 10.3. The Morgan fingerprint density at radius 3 is 2.07 bits per heavy atom. The summed E-state index contributed by atoms with van der Waals surface area (Å²) in [6.45, 7) is 4.55. The molecular weight excluding hydrogens is 526 g/mol. The third-order valence-corrected chi connectivity index (χ3v) is 9.13. The average molecular weight is 554 g/mol. The Morgan fingerprint density at radius 1 is 0.488 bits per heavy atom. The number of hydrogen-bond donors (Lipinski definition) is 0. The largest absolute Gasteiger partial charge is 0.450 e. The van der Waals surface area contributed by atoms with Crippen molar-refractivity contribution in [2.24, 2.45) is 0 Å². The van der Waals surface area contributed by atoms with Gasteiger partial charge in [-0.2, -0.15) is 0 Å². The molecule has 0 saturated carbocycles. The van der Waals surface area contributed by atoms with Crippen molar-refractivity contribution < 1.29 is 9.47 Å². The Balaban J connectivity index is 1.04. The summed E-state index contributed by atoms with van der Waals surface area (Å²) in [6, 6.07) is 44.7. The molecule has 6 aromatic carbocycles. The van der Waals surface area contributed by atoms with Gasteiger partial charge in [0.1, 0.15) is 0 Å². The minimum absolute atomic E-state index is 0.0865. The van der Waals surface area contributed by atoms with E-state index < -0.39 is 0 Å². The fourth-order valence-electron chi connectivity index (χ4n) is 6.81. The number of fused-ring (bicyclic) bond motifs is 8. The van der Waals surface area contributed by atoms with Crippen LogP contribution >= 0.6 is 0 Å². The summed E-state index contributed by atoms with van der Waals surface area (Å²) in [5, 5.41) is 3.53. The van der Waals surface area contributed by atoms with Crippen LogP contribution in [0, 0.1) is 0 Å². The standard InChI is InChI=1S/C40H27NO2/c1-40(2)32-10-6-5-9-30(32)31-22-37-38(23-33(31)40)42-35-20-18-28(21-36(35)43-37)24-11-14-26(15-12-24)34-19-17-27-16-13-25-7-3-4-8-29(25)39(27)41-34/h3-23H,1-2H3. The van der Waals surface area contributed by atoms with Crippen LogP contribution in [0.4, 0.5) is 0 Å². The molecule has 0 bridgehead atoms. The molecule has 2 heterocycles. The Kier molecular flexibility index (Phi) is 4.95. The highest BCUT2D eigenvalue weighted by atomic mass is 16.6. The molecule has 1 aliphatic heterocycles. The second-order valence-electron chi connectivity index (χ2n) is 12.0. The summed E-state index contributed by atoms with van der Waals surface area (Å²) >= 11 is 0. The van der Waals surface area contributed by atoms with Gasteiger partial charge >= 0.3 is 0 Å². The fourth-order valence-corrected chi connectivity index (χ4v) is 6.81. The van der Waals surface area contributed by atoms with E-state index in [4.69, 9.17) is 14.5 Å². The van der Waals surface area contributed by atoms with Gasteiger partial charge in [-0.3, -0.25) is 0 Å². The van der Waals surface area contributed by atoms with Crippen LogP contribution in [0.15, 0.2) is 127 Å².